The van der Waals surface area contributed by atoms with E-state index in [0.29, 0.717) is 37.1 Å². The standard InChI is InChI=1S/C26H23ClN2O5S/c1-5-11-34-25(31)22-15(2)28-26-29(23(22)17-9-10-19(32-3)20(14-17)33-4)24(30)21(35-26)13-16-7-6-8-18(27)12-16/h5-10,12-14,23H,1,11H2,2-4H3. The Balaban J connectivity index is 1.96. The number of esters is 1. The van der Waals surface area contributed by atoms with E-state index in [1.165, 1.54) is 29.1 Å². The molecule has 0 N–H and O–H groups in total. The number of hydrogen-bond acceptors (Lipinski definition) is 7. The van der Waals surface area contributed by atoms with Crippen LogP contribution in [0, 0.1) is 0 Å². The van der Waals surface area contributed by atoms with E-state index >= 15 is 0 Å². The van der Waals surface area contributed by atoms with Crippen LogP contribution in [0.3, 0.4) is 0 Å². The third kappa shape index (κ3) is 4.80. The fourth-order valence-corrected chi connectivity index (χ4v) is 5.13. The number of ether oxygens (including phenoxy) is 3. The van der Waals surface area contributed by atoms with Gasteiger partial charge in [0.15, 0.2) is 16.3 Å². The van der Waals surface area contributed by atoms with Crippen LogP contribution in [0.1, 0.15) is 24.1 Å². The van der Waals surface area contributed by atoms with E-state index < -0.39 is 12.0 Å². The first-order valence-electron chi connectivity index (χ1n) is 10.7. The minimum absolute atomic E-state index is 0.0352. The van der Waals surface area contributed by atoms with Gasteiger partial charge in [-0.15, -0.1) is 0 Å². The number of fused-ring (bicyclic) bond motifs is 1. The average molecular weight is 511 g/mol. The van der Waals surface area contributed by atoms with Gasteiger partial charge in [-0.25, -0.2) is 9.79 Å². The Morgan fingerprint density at radius 1 is 1.20 bits per heavy atom. The zero-order valence-corrected chi connectivity index (χ0v) is 21.0. The highest BCUT2D eigenvalue weighted by Crippen LogP contribution is 2.36. The van der Waals surface area contributed by atoms with Gasteiger partial charge in [0.05, 0.1) is 36.1 Å². The van der Waals surface area contributed by atoms with Crippen LogP contribution < -0.4 is 24.4 Å². The van der Waals surface area contributed by atoms with Gasteiger partial charge in [-0.1, -0.05) is 53.8 Å². The number of benzene rings is 2. The fourth-order valence-electron chi connectivity index (χ4n) is 3.88. The highest BCUT2D eigenvalue weighted by atomic mass is 35.5. The normalized spacial score (nSPS) is 15.3. The second-order valence-corrected chi connectivity index (χ2v) is 9.08. The summed E-state index contributed by atoms with van der Waals surface area (Å²) in [5.41, 5.74) is 1.88. The molecule has 0 bridgehead atoms. The lowest BCUT2D eigenvalue weighted by Gasteiger charge is -2.25. The number of nitrogens with zero attached hydrogens (tertiary/aromatic N) is 2. The van der Waals surface area contributed by atoms with E-state index in [4.69, 9.17) is 25.8 Å². The molecule has 35 heavy (non-hydrogen) atoms. The third-order valence-corrected chi connectivity index (χ3v) is 6.66. The van der Waals surface area contributed by atoms with Gasteiger partial charge < -0.3 is 14.2 Å². The minimum Gasteiger partial charge on any atom is -0.493 e. The summed E-state index contributed by atoms with van der Waals surface area (Å²) < 4.78 is 18.2. The topological polar surface area (TPSA) is 79.1 Å². The molecule has 0 spiro atoms. The van der Waals surface area contributed by atoms with E-state index in [-0.39, 0.29) is 17.7 Å². The summed E-state index contributed by atoms with van der Waals surface area (Å²) in [7, 11) is 3.07. The first-order valence-corrected chi connectivity index (χ1v) is 11.9. The lowest BCUT2D eigenvalue weighted by atomic mass is 9.95. The molecule has 0 aliphatic carbocycles. The predicted molar refractivity (Wildman–Crippen MR) is 136 cm³/mol. The Hall–Kier alpha value is -3.62. The Bertz CT molecular complexity index is 1520. The lowest BCUT2D eigenvalue weighted by Crippen LogP contribution is -2.40. The molecule has 7 nitrogen and oxygen atoms in total. The van der Waals surface area contributed by atoms with Crippen LogP contribution in [0.4, 0.5) is 0 Å². The van der Waals surface area contributed by atoms with E-state index in [2.05, 4.69) is 11.6 Å². The van der Waals surface area contributed by atoms with Crippen LogP contribution in [0.2, 0.25) is 5.02 Å². The van der Waals surface area contributed by atoms with Gasteiger partial charge in [-0.3, -0.25) is 9.36 Å². The Morgan fingerprint density at radius 2 is 1.97 bits per heavy atom. The van der Waals surface area contributed by atoms with Crippen molar-refractivity contribution < 1.29 is 19.0 Å². The molecule has 1 aromatic heterocycles. The summed E-state index contributed by atoms with van der Waals surface area (Å²) in [6, 6.07) is 11.7. The molecule has 0 saturated heterocycles. The number of aromatic nitrogens is 1. The molecule has 1 aliphatic heterocycles. The summed E-state index contributed by atoms with van der Waals surface area (Å²) in [5, 5.41) is 0.567. The number of methoxy groups -OCH3 is 2. The third-order valence-electron chi connectivity index (χ3n) is 5.44. The second-order valence-electron chi connectivity index (χ2n) is 7.64. The average Bonchev–Trinajstić information content (AvgIpc) is 3.15. The maximum atomic E-state index is 13.7. The van der Waals surface area contributed by atoms with E-state index in [0.717, 1.165) is 5.56 Å². The smallest absolute Gasteiger partial charge is 0.338 e. The molecule has 4 rings (SSSR count). The van der Waals surface area contributed by atoms with Crippen LogP contribution in [0.25, 0.3) is 6.08 Å². The van der Waals surface area contributed by atoms with Gasteiger partial charge in [-0.2, -0.15) is 0 Å². The molecule has 2 heterocycles. The molecule has 1 unspecified atom stereocenters. The van der Waals surface area contributed by atoms with E-state index in [1.807, 2.05) is 12.1 Å². The highest BCUT2D eigenvalue weighted by molar-refractivity contribution is 7.07. The lowest BCUT2D eigenvalue weighted by molar-refractivity contribution is -0.138. The van der Waals surface area contributed by atoms with E-state index in [1.54, 1.807) is 50.4 Å². The zero-order valence-electron chi connectivity index (χ0n) is 19.4. The number of carbonyl (C=O) groups is 1. The van der Waals surface area contributed by atoms with Crippen LogP contribution in [0.15, 0.2) is 76.2 Å². The van der Waals surface area contributed by atoms with Crippen molar-refractivity contribution in [2.45, 2.75) is 13.0 Å². The molecule has 2 aromatic carbocycles. The van der Waals surface area contributed by atoms with Crippen molar-refractivity contribution in [3.05, 3.63) is 102 Å². The molecular formula is C26H23ClN2O5S. The van der Waals surface area contributed by atoms with Crippen molar-refractivity contribution in [2.75, 3.05) is 20.8 Å². The number of allylic oxidation sites excluding steroid dienone is 1. The Labute approximate surface area is 210 Å². The van der Waals surface area contributed by atoms with Gasteiger partial charge in [0, 0.05) is 5.02 Å². The first-order chi connectivity index (χ1) is 16.9. The summed E-state index contributed by atoms with van der Waals surface area (Å²) in [4.78, 5) is 31.8. The molecule has 3 aromatic rings. The largest absolute Gasteiger partial charge is 0.493 e. The number of carbonyl (C=O) groups excluding carboxylic acids is 1. The quantitative estimate of drug-likeness (QED) is 0.358. The molecular weight excluding hydrogens is 488 g/mol. The summed E-state index contributed by atoms with van der Waals surface area (Å²) in [6.07, 6.45) is 3.25. The Morgan fingerprint density at radius 3 is 2.66 bits per heavy atom. The number of thiazole rings is 1. The van der Waals surface area contributed by atoms with Gasteiger partial charge >= 0.3 is 5.97 Å². The highest BCUT2D eigenvalue weighted by Gasteiger charge is 2.34. The van der Waals surface area contributed by atoms with Crippen molar-refractivity contribution in [1.29, 1.82) is 0 Å². The molecule has 1 aliphatic rings. The van der Waals surface area contributed by atoms with Crippen LogP contribution in [0.5, 0.6) is 11.5 Å². The SMILES string of the molecule is C=CCOC(=O)C1=C(C)N=c2sc(=Cc3cccc(Cl)c3)c(=O)n2C1c1ccc(OC)c(OC)c1. The van der Waals surface area contributed by atoms with Crippen molar-refractivity contribution in [1.82, 2.24) is 4.57 Å². The van der Waals surface area contributed by atoms with Gasteiger partial charge in [0.1, 0.15) is 6.61 Å². The van der Waals surface area contributed by atoms with E-state index in [9.17, 15) is 9.59 Å². The fraction of sp³-hybridized carbons (Fsp3) is 0.192. The van der Waals surface area contributed by atoms with Crippen molar-refractivity contribution in [2.24, 2.45) is 4.99 Å². The number of hydrogen-bond donors (Lipinski definition) is 0. The molecule has 0 saturated carbocycles. The molecule has 9 heteroatoms. The van der Waals surface area contributed by atoms with Crippen LogP contribution in [-0.2, 0) is 9.53 Å². The maximum Gasteiger partial charge on any atom is 0.338 e. The number of halogens is 1. The minimum atomic E-state index is -0.773. The summed E-state index contributed by atoms with van der Waals surface area (Å²) in [6.45, 7) is 5.36. The number of rotatable bonds is 7. The Kier molecular flexibility index (Phi) is 7.23. The van der Waals surface area contributed by atoms with Crippen molar-refractivity contribution >= 4 is 35.0 Å². The first kappa shape index (κ1) is 24.5. The van der Waals surface area contributed by atoms with Crippen molar-refractivity contribution in [3.63, 3.8) is 0 Å². The molecule has 0 fully saturated rings. The van der Waals surface area contributed by atoms with Gasteiger partial charge in [0.2, 0.25) is 0 Å². The molecule has 0 amide bonds. The molecule has 1 atom stereocenters. The predicted octanol–water partition coefficient (Wildman–Crippen LogP) is 3.64. The summed E-state index contributed by atoms with van der Waals surface area (Å²) in [5.74, 6) is 0.427. The van der Waals surface area contributed by atoms with Gasteiger partial charge in [-0.05, 0) is 48.4 Å². The molecule has 0 radical (unpaired) electrons. The van der Waals surface area contributed by atoms with Gasteiger partial charge in [0.25, 0.3) is 5.56 Å². The summed E-state index contributed by atoms with van der Waals surface area (Å²) >= 11 is 7.36. The van der Waals surface area contributed by atoms with Crippen LogP contribution >= 0.6 is 22.9 Å². The molecule has 180 valence electrons. The zero-order chi connectivity index (χ0) is 25.1. The van der Waals surface area contributed by atoms with Crippen molar-refractivity contribution in [3.8, 4) is 11.5 Å². The van der Waals surface area contributed by atoms with Crippen LogP contribution in [-0.4, -0.2) is 31.4 Å². The monoisotopic (exact) mass is 510 g/mol. The maximum absolute atomic E-state index is 13.7. The second kappa shape index (κ2) is 10.3.